The van der Waals surface area contributed by atoms with E-state index in [0.717, 1.165) is 17.6 Å². The van der Waals surface area contributed by atoms with Gasteiger partial charge in [0.15, 0.2) is 0 Å². The number of halogens is 2. The number of amides is 1. The summed E-state index contributed by atoms with van der Waals surface area (Å²) < 4.78 is 1.79. The Bertz CT molecular complexity index is 907. The molecule has 7 heteroatoms. The van der Waals surface area contributed by atoms with Crippen molar-refractivity contribution in [3.8, 4) is 0 Å². The molecule has 2 aromatic carbocycles. The lowest BCUT2D eigenvalue weighted by Gasteiger charge is -2.17. The van der Waals surface area contributed by atoms with Gasteiger partial charge < -0.3 is 4.90 Å². The third-order valence-corrected chi connectivity index (χ3v) is 4.55. The van der Waals surface area contributed by atoms with E-state index in [0.29, 0.717) is 27.7 Å². The molecular weight excluding hydrogens is 347 g/mol. The molecule has 3 aromatic rings. The van der Waals surface area contributed by atoms with Gasteiger partial charge in [0.05, 0.1) is 15.6 Å². The third-order valence-electron chi connectivity index (χ3n) is 3.81. The van der Waals surface area contributed by atoms with Crippen molar-refractivity contribution in [2.24, 2.45) is 0 Å². The number of hydrogen-bond donors (Lipinski definition) is 0. The highest BCUT2D eigenvalue weighted by Gasteiger charge is 2.14. The van der Waals surface area contributed by atoms with E-state index in [4.69, 9.17) is 23.2 Å². The van der Waals surface area contributed by atoms with Crippen LogP contribution in [0.1, 0.15) is 22.8 Å². The Hall–Kier alpha value is -2.11. The first-order valence-corrected chi connectivity index (χ1v) is 8.28. The van der Waals surface area contributed by atoms with Gasteiger partial charge in [0.2, 0.25) is 0 Å². The molecule has 0 saturated carbocycles. The molecule has 1 heterocycles. The second-order valence-electron chi connectivity index (χ2n) is 5.52. The summed E-state index contributed by atoms with van der Waals surface area (Å²) in [6.45, 7) is 3.18. The Morgan fingerprint density at radius 1 is 1.17 bits per heavy atom. The van der Waals surface area contributed by atoms with Gasteiger partial charge in [0.1, 0.15) is 5.52 Å². The molecule has 0 fully saturated rings. The molecule has 124 valence electrons. The maximum absolute atomic E-state index is 12.6. The largest absolute Gasteiger partial charge is 0.337 e. The topological polar surface area (TPSA) is 51.0 Å². The van der Waals surface area contributed by atoms with Crippen LogP contribution in [0.5, 0.6) is 0 Å². The number of carbonyl (C=O) groups excluding carboxylic acids is 1. The standard InChI is InChI=1S/C17H16Cl2N4O/c1-3-23-16-7-5-12(9-15(16)20-21-23)17(24)22(2)10-11-4-6-13(18)14(19)8-11/h4-9H,3,10H2,1-2H3. The number of aryl methyl sites for hydroxylation is 1. The van der Waals surface area contributed by atoms with Gasteiger partial charge in [-0.25, -0.2) is 4.68 Å². The molecule has 5 nitrogen and oxygen atoms in total. The Morgan fingerprint density at radius 2 is 1.96 bits per heavy atom. The van der Waals surface area contributed by atoms with Crippen molar-refractivity contribution in [2.75, 3.05) is 7.05 Å². The van der Waals surface area contributed by atoms with Crippen molar-refractivity contribution in [3.63, 3.8) is 0 Å². The van der Waals surface area contributed by atoms with Crippen LogP contribution in [0.2, 0.25) is 10.0 Å². The Kier molecular flexibility index (Phi) is 4.73. The average molecular weight is 363 g/mol. The first-order chi connectivity index (χ1) is 11.5. The van der Waals surface area contributed by atoms with Gasteiger partial charge in [-0.2, -0.15) is 0 Å². The van der Waals surface area contributed by atoms with Crippen LogP contribution >= 0.6 is 23.2 Å². The first kappa shape index (κ1) is 16.7. The lowest BCUT2D eigenvalue weighted by molar-refractivity contribution is 0.0785. The Balaban J connectivity index is 1.81. The first-order valence-electron chi connectivity index (χ1n) is 7.52. The van der Waals surface area contributed by atoms with Crippen LogP contribution in [0.4, 0.5) is 0 Å². The van der Waals surface area contributed by atoms with Crippen LogP contribution in [-0.4, -0.2) is 32.8 Å². The number of carbonyl (C=O) groups is 1. The minimum atomic E-state index is -0.0889. The summed E-state index contributed by atoms with van der Waals surface area (Å²) in [4.78, 5) is 14.3. The molecule has 24 heavy (non-hydrogen) atoms. The summed E-state index contributed by atoms with van der Waals surface area (Å²) >= 11 is 11.9. The SMILES string of the molecule is CCn1nnc2cc(C(=O)N(C)Cc3ccc(Cl)c(Cl)c3)ccc21. The molecule has 0 aliphatic carbocycles. The molecule has 1 amide bonds. The highest BCUT2D eigenvalue weighted by atomic mass is 35.5. The van der Waals surface area contributed by atoms with Crippen molar-refractivity contribution in [2.45, 2.75) is 20.0 Å². The Morgan fingerprint density at radius 3 is 2.67 bits per heavy atom. The fourth-order valence-corrected chi connectivity index (χ4v) is 2.86. The van der Waals surface area contributed by atoms with Crippen LogP contribution in [0.25, 0.3) is 11.0 Å². The number of rotatable bonds is 4. The number of nitrogens with zero attached hydrogens (tertiary/aromatic N) is 4. The molecule has 0 aliphatic heterocycles. The molecule has 0 radical (unpaired) electrons. The monoisotopic (exact) mass is 362 g/mol. The van der Waals surface area contributed by atoms with Gasteiger partial charge in [0, 0.05) is 25.7 Å². The molecule has 0 unspecified atom stereocenters. The quantitative estimate of drug-likeness (QED) is 0.703. The van der Waals surface area contributed by atoms with Crippen LogP contribution < -0.4 is 0 Å². The van der Waals surface area contributed by atoms with Crippen LogP contribution in [-0.2, 0) is 13.1 Å². The van der Waals surface area contributed by atoms with Crippen molar-refractivity contribution in [1.29, 1.82) is 0 Å². The predicted molar refractivity (Wildman–Crippen MR) is 95.5 cm³/mol. The van der Waals surface area contributed by atoms with E-state index in [1.54, 1.807) is 40.9 Å². The number of fused-ring (bicyclic) bond motifs is 1. The average Bonchev–Trinajstić information content (AvgIpc) is 2.99. The predicted octanol–water partition coefficient (Wildman–Crippen LogP) is 4.03. The normalized spacial score (nSPS) is 11.0. The van der Waals surface area contributed by atoms with E-state index >= 15 is 0 Å². The second kappa shape index (κ2) is 6.79. The summed E-state index contributed by atoms with van der Waals surface area (Å²) in [5.41, 5.74) is 3.12. The summed E-state index contributed by atoms with van der Waals surface area (Å²) in [5, 5.41) is 9.14. The van der Waals surface area contributed by atoms with E-state index in [2.05, 4.69) is 10.3 Å². The molecule has 0 bridgehead atoms. The van der Waals surface area contributed by atoms with Gasteiger partial charge in [-0.15, -0.1) is 5.10 Å². The molecule has 0 aliphatic rings. The molecule has 0 saturated heterocycles. The van der Waals surface area contributed by atoms with E-state index in [1.165, 1.54) is 0 Å². The lowest BCUT2D eigenvalue weighted by Crippen LogP contribution is -2.26. The molecule has 0 N–H and O–H groups in total. The maximum Gasteiger partial charge on any atom is 0.253 e. The smallest absolute Gasteiger partial charge is 0.253 e. The Labute approximate surface area is 149 Å². The number of benzene rings is 2. The molecular formula is C17H16Cl2N4O. The lowest BCUT2D eigenvalue weighted by atomic mass is 10.1. The summed E-state index contributed by atoms with van der Waals surface area (Å²) in [5.74, 6) is -0.0889. The minimum Gasteiger partial charge on any atom is -0.337 e. The van der Waals surface area contributed by atoms with Crippen molar-refractivity contribution >= 4 is 40.1 Å². The van der Waals surface area contributed by atoms with Crippen molar-refractivity contribution in [1.82, 2.24) is 19.9 Å². The zero-order chi connectivity index (χ0) is 17.3. The van der Waals surface area contributed by atoms with E-state index in [1.807, 2.05) is 19.1 Å². The van der Waals surface area contributed by atoms with Crippen LogP contribution in [0, 0.1) is 0 Å². The minimum absolute atomic E-state index is 0.0889. The van der Waals surface area contributed by atoms with Crippen LogP contribution in [0.3, 0.4) is 0 Å². The van der Waals surface area contributed by atoms with Crippen molar-refractivity contribution < 1.29 is 4.79 Å². The second-order valence-corrected chi connectivity index (χ2v) is 6.33. The zero-order valence-electron chi connectivity index (χ0n) is 13.3. The van der Waals surface area contributed by atoms with E-state index in [9.17, 15) is 4.79 Å². The van der Waals surface area contributed by atoms with Gasteiger partial charge in [0.25, 0.3) is 5.91 Å². The fourth-order valence-electron chi connectivity index (χ4n) is 2.54. The van der Waals surface area contributed by atoms with Gasteiger partial charge in [-0.3, -0.25) is 4.79 Å². The molecule has 1 aromatic heterocycles. The highest BCUT2D eigenvalue weighted by molar-refractivity contribution is 6.42. The van der Waals surface area contributed by atoms with Gasteiger partial charge in [-0.1, -0.05) is 34.5 Å². The molecule has 0 atom stereocenters. The maximum atomic E-state index is 12.6. The molecule has 3 rings (SSSR count). The van der Waals surface area contributed by atoms with Gasteiger partial charge in [-0.05, 0) is 42.8 Å². The van der Waals surface area contributed by atoms with E-state index in [-0.39, 0.29) is 5.91 Å². The number of aromatic nitrogens is 3. The van der Waals surface area contributed by atoms with Gasteiger partial charge >= 0.3 is 0 Å². The zero-order valence-corrected chi connectivity index (χ0v) is 14.8. The summed E-state index contributed by atoms with van der Waals surface area (Å²) in [7, 11) is 1.75. The summed E-state index contributed by atoms with van der Waals surface area (Å²) in [6, 6.07) is 10.8. The number of hydrogen-bond acceptors (Lipinski definition) is 3. The highest BCUT2D eigenvalue weighted by Crippen LogP contribution is 2.23. The molecule has 0 spiro atoms. The summed E-state index contributed by atoms with van der Waals surface area (Å²) in [6.07, 6.45) is 0. The van der Waals surface area contributed by atoms with Crippen molar-refractivity contribution in [3.05, 3.63) is 57.6 Å². The van der Waals surface area contributed by atoms with E-state index < -0.39 is 0 Å². The van der Waals surface area contributed by atoms with Crippen LogP contribution in [0.15, 0.2) is 36.4 Å². The third kappa shape index (κ3) is 3.23. The fraction of sp³-hybridized carbons (Fsp3) is 0.235.